The summed E-state index contributed by atoms with van der Waals surface area (Å²) in [6, 6.07) is 7.08. The van der Waals surface area contributed by atoms with Crippen LogP contribution < -0.4 is 0 Å². The second kappa shape index (κ2) is 9.45. The van der Waals surface area contributed by atoms with Crippen LogP contribution in [0.4, 0.5) is 0 Å². The van der Waals surface area contributed by atoms with Crippen LogP contribution in [0.25, 0.3) is 6.08 Å². The highest BCUT2D eigenvalue weighted by Gasteiger charge is 2.68. The molecule has 4 fully saturated rings. The van der Waals surface area contributed by atoms with E-state index in [4.69, 9.17) is 5.11 Å². The van der Waals surface area contributed by atoms with Crippen LogP contribution in [0.15, 0.2) is 30.8 Å². The molecule has 0 unspecified atom stereocenters. The monoisotopic (exact) mass is 484 g/mol. The molecule has 4 aliphatic rings. The van der Waals surface area contributed by atoms with Crippen LogP contribution in [0.1, 0.15) is 70.8 Å². The van der Waals surface area contributed by atoms with E-state index in [0.717, 1.165) is 44.1 Å². The Kier molecular flexibility index (Phi) is 7.04. The normalized spacial score (nSPS) is 42.1. The van der Waals surface area contributed by atoms with Crippen LogP contribution in [0.3, 0.4) is 0 Å². The predicted molar refractivity (Wildman–Crippen MR) is 133 cm³/mol. The lowest BCUT2D eigenvalue weighted by Crippen LogP contribution is -2.62. The van der Waals surface area contributed by atoms with Crippen molar-refractivity contribution in [3.05, 3.63) is 36.4 Å². The maximum Gasteiger partial charge on any atom is 0.190 e. The first-order chi connectivity index (χ1) is 16.5. The Hall–Kier alpha value is -2.02. The molecule has 4 N–H and O–H groups in total. The van der Waals surface area contributed by atoms with Crippen molar-refractivity contribution in [3.63, 3.8) is 0 Å². The fourth-order valence-corrected chi connectivity index (χ4v) is 8.30. The van der Waals surface area contributed by atoms with Gasteiger partial charge in [0.25, 0.3) is 0 Å². The molecule has 0 spiro atoms. The van der Waals surface area contributed by atoms with Crippen molar-refractivity contribution >= 4 is 17.6 Å². The predicted octanol–water partition coefficient (Wildman–Crippen LogP) is 3.90. The highest BCUT2D eigenvalue weighted by atomic mass is 16.3. The van der Waals surface area contributed by atoms with Crippen molar-refractivity contribution in [3.8, 4) is 5.75 Å². The van der Waals surface area contributed by atoms with Gasteiger partial charge in [0.05, 0.1) is 6.10 Å². The lowest BCUT2D eigenvalue weighted by Gasteiger charge is -2.60. The van der Waals surface area contributed by atoms with Crippen molar-refractivity contribution in [1.82, 2.24) is 0 Å². The third-order valence-electron chi connectivity index (χ3n) is 10.2. The molecule has 0 saturated heterocycles. The maximum absolute atomic E-state index is 13.4. The van der Waals surface area contributed by atoms with Gasteiger partial charge in [-0.2, -0.15) is 0 Å². The molecule has 35 heavy (non-hydrogen) atoms. The summed E-state index contributed by atoms with van der Waals surface area (Å²) in [7, 11) is 0. The SMILES string of the molecule is C=Cc1ccccc1O.C[C@]12CC[C@@H](O)C[C@H]1CC[C@@H]1[C@@H]2C(=O)C[C@@]2(C)[C@H]1CC[C@]2(O)C(=O)CO. The van der Waals surface area contributed by atoms with E-state index in [-0.39, 0.29) is 47.2 Å². The van der Waals surface area contributed by atoms with E-state index < -0.39 is 23.4 Å². The summed E-state index contributed by atoms with van der Waals surface area (Å²) < 4.78 is 0. The van der Waals surface area contributed by atoms with Gasteiger partial charge in [0, 0.05) is 23.3 Å². The number of phenolic OH excluding ortho intramolecular Hbond substituents is 1. The number of benzene rings is 1. The first kappa shape index (κ1) is 26.1. The van der Waals surface area contributed by atoms with E-state index in [9.17, 15) is 24.9 Å². The number of Topliss-reactive ketones (excluding diaryl/α,β-unsaturated/α-hetero) is 2. The molecule has 8 atom stereocenters. The minimum absolute atomic E-state index is 0.0154. The summed E-state index contributed by atoms with van der Waals surface area (Å²) in [5, 5.41) is 39.7. The van der Waals surface area contributed by atoms with Crippen molar-refractivity contribution < 1.29 is 30.0 Å². The van der Waals surface area contributed by atoms with Crippen molar-refractivity contribution in [1.29, 1.82) is 0 Å². The number of para-hydroxylation sites is 1. The molecule has 1 aromatic carbocycles. The fourth-order valence-electron chi connectivity index (χ4n) is 8.30. The molecule has 192 valence electrons. The smallest absolute Gasteiger partial charge is 0.190 e. The summed E-state index contributed by atoms with van der Waals surface area (Å²) in [6.07, 6.45) is 7.09. The average molecular weight is 485 g/mol. The first-order valence-electron chi connectivity index (χ1n) is 13.0. The third-order valence-corrected chi connectivity index (χ3v) is 10.2. The molecule has 0 radical (unpaired) electrons. The number of fused-ring (bicyclic) bond motifs is 5. The number of phenols is 1. The molecule has 6 heteroatoms. The maximum atomic E-state index is 13.4. The molecule has 6 nitrogen and oxygen atoms in total. The fraction of sp³-hybridized carbons (Fsp3) is 0.655. The van der Waals surface area contributed by atoms with E-state index >= 15 is 0 Å². The van der Waals surface area contributed by atoms with Gasteiger partial charge in [0.2, 0.25) is 0 Å². The van der Waals surface area contributed by atoms with Crippen molar-refractivity contribution in [2.45, 2.75) is 76.9 Å². The number of hydrogen-bond acceptors (Lipinski definition) is 6. The molecule has 1 aromatic rings. The molecular formula is C29H40O6. The minimum atomic E-state index is -1.58. The topological polar surface area (TPSA) is 115 Å². The zero-order valence-corrected chi connectivity index (χ0v) is 20.9. The highest BCUT2D eigenvalue weighted by molar-refractivity contribution is 5.92. The minimum Gasteiger partial charge on any atom is -0.507 e. The molecule has 0 aliphatic heterocycles. The molecule has 0 amide bonds. The van der Waals surface area contributed by atoms with Gasteiger partial charge in [0.15, 0.2) is 5.78 Å². The summed E-state index contributed by atoms with van der Waals surface area (Å²) in [5.41, 5.74) is -1.63. The Morgan fingerprint density at radius 1 is 1.14 bits per heavy atom. The lowest BCUT2D eigenvalue weighted by molar-refractivity contribution is -0.180. The van der Waals surface area contributed by atoms with Gasteiger partial charge >= 0.3 is 0 Å². The van der Waals surface area contributed by atoms with Crippen LogP contribution in [0.5, 0.6) is 5.75 Å². The molecule has 4 aliphatic carbocycles. The third kappa shape index (κ3) is 4.08. The van der Waals surface area contributed by atoms with Gasteiger partial charge in [-0.25, -0.2) is 0 Å². The Morgan fingerprint density at radius 2 is 1.86 bits per heavy atom. The van der Waals surface area contributed by atoms with E-state index in [1.807, 2.05) is 19.1 Å². The second-order valence-electron chi connectivity index (χ2n) is 11.8. The highest BCUT2D eigenvalue weighted by Crippen LogP contribution is 2.67. The summed E-state index contributed by atoms with van der Waals surface area (Å²) in [4.78, 5) is 25.7. The zero-order valence-electron chi connectivity index (χ0n) is 20.9. The summed E-state index contributed by atoms with van der Waals surface area (Å²) in [5.74, 6) is 0.664. The summed E-state index contributed by atoms with van der Waals surface area (Å²) >= 11 is 0. The number of ketones is 2. The Balaban J connectivity index is 0.000000271. The first-order valence-corrected chi connectivity index (χ1v) is 13.0. The molecule has 5 rings (SSSR count). The van der Waals surface area contributed by atoms with Crippen LogP contribution in [-0.2, 0) is 9.59 Å². The largest absolute Gasteiger partial charge is 0.507 e. The van der Waals surface area contributed by atoms with Gasteiger partial charge in [-0.05, 0) is 74.2 Å². The number of carbonyl (C=O) groups is 2. The number of aromatic hydroxyl groups is 1. The lowest BCUT2D eigenvalue weighted by atomic mass is 9.44. The molecule has 0 bridgehead atoms. The van der Waals surface area contributed by atoms with Gasteiger partial charge in [-0.1, -0.05) is 44.7 Å². The van der Waals surface area contributed by atoms with Crippen LogP contribution >= 0.6 is 0 Å². The molecule has 4 saturated carbocycles. The molecule has 0 heterocycles. The Morgan fingerprint density at radius 3 is 2.49 bits per heavy atom. The number of hydrogen-bond donors (Lipinski definition) is 4. The van der Waals surface area contributed by atoms with Crippen LogP contribution in [0.2, 0.25) is 0 Å². The van der Waals surface area contributed by atoms with Gasteiger partial charge in [-0.15, -0.1) is 0 Å². The summed E-state index contributed by atoms with van der Waals surface area (Å²) in [6.45, 7) is 7.00. The van der Waals surface area contributed by atoms with E-state index in [1.165, 1.54) is 0 Å². The zero-order chi connectivity index (χ0) is 25.6. The van der Waals surface area contributed by atoms with Crippen molar-refractivity contribution in [2.24, 2.45) is 34.5 Å². The number of carbonyl (C=O) groups excluding carboxylic acids is 2. The average Bonchev–Trinajstić information content (AvgIpc) is 3.10. The quantitative estimate of drug-likeness (QED) is 0.517. The number of aliphatic hydroxyl groups excluding tert-OH is 2. The molecular weight excluding hydrogens is 444 g/mol. The van der Waals surface area contributed by atoms with Crippen molar-refractivity contribution in [2.75, 3.05) is 6.61 Å². The number of aliphatic hydroxyl groups is 3. The molecule has 0 aromatic heterocycles. The van der Waals surface area contributed by atoms with E-state index in [2.05, 4.69) is 13.5 Å². The number of rotatable bonds is 3. The Labute approximate surface area is 208 Å². The van der Waals surface area contributed by atoms with E-state index in [0.29, 0.717) is 12.3 Å². The van der Waals surface area contributed by atoms with Crippen LogP contribution in [0, 0.1) is 34.5 Å². The van der Waals surface area contributed by atoms with Gasteiger partial charge in [-0.3, -0.25) is 9.59 Å². The van der Waals surface area contributed by atoms with E-state index in [1.54, 1.807) is 18.2 Å². The second-order valence-corrected chi connectivity index (χ2v) is 11.8. The Bertz CT molecular complexity index is 989. The van der Waals surface area contributed by atoms with Gasteiger partial charge < -0.3 is 20.4 Å². The van der Waals surface area contributed by atoms with Crippen LogP contribution in [-0.4, -0.2) is 50.3 Å². The van der Waals surface area contributed by atoms with Gasteiger partial charge in [0.1, 0.15) is 23.7 Å². The standard InChI is InChI=1S/C21H32O5.C8H8O/c1-19-7-5-13(23)9-12(19)3-4-14-15-6-8-21(26,17(25)11-22)20(15,2)10-16(24)18(14)19;1-2-7-5-3-4-6-8(7)9/h12-15,18,22-23,26H,3-11H2,1-2H3;2-6,9H,1H2/t12-,13-,14+,15+,18-,19+,20+,21+;/m1./s1.